The number of ketones is 1. The SMILES string of the molecule is CCn1ccc([C@H]2C(C#N)=C(N)OC3=C2C(=O)CC(C)(C)C3)n1. The van der Waals surface area contributed by atoms with E-state index in [1.54, 1.807) is 4.68 Å². The summed E-state index contributed by atoms with van der Waals surface area (Å²) in [6.45, 7) is 6.75. The molecule has 0 unspecified atom stereocenters. The van der Waals surface area contributed by atoms with E-state index in [-0.39, 0.29) is 22.7 Å². The molecule has 2 heterocycles. The number of carbonyl (C=O) groups excluding carboxylic acids is 1. The maximum absolute atomic E-state index is 12.7. The Balaban J connectivity index is 2.15. The number of carbonyl (C=O) groups is 1. The monoisotopic (exact) mass is 312 g/mol. The van der Waals surface area contributed by atoms with E-state index in [2.05, 4.69) is 11.2 Å². The molecule has 0 bridgehead atoms. The van der Waals surface area contributed by atoms with Gasteiger partial charge in [0.25, 0.3) is 0 Å². The first kappa shape index (κ1) is 15.3. The van der Waals surface area contributed by atoms with E-state index in [0.29, 0.717) is 29.9 Å². The van der Waals surface area contributed by atoms with Crippen LogP contribution in [0.25, 0.3) is 0 Å². The van der Waals surface area contributed by atoms with Crippen LogP contribution in [0.3, 0.4) is 0 Å². The fourth-order valence-corrected chi connectivity index (χ4v) is 3.29. The van der Waals surface area contributed by atoms with E-state index in [9.17, 15) is 10.1 Å². The normalized spacial score (nSPS) is 23.4. The second kappa shape index (κ2) is 5.27. The smallest absolute Gasteiger partial charge is 0.205 e. The van der Waals surface area contributed by atoms with Gasteiger partial charge in [-0.15, -0.1) is 0 Å². The van der Waals surface area contributed by atoms with E-state index in [1.165, 1.54) is 0 Å². The largest absolute Gasteiger partial charge is 0.444 e. The van der Waals surface area contributed by atoms with Crippen LogP contribution in [0.1, 0.15) is 45.2 Å². The predicted octanol–water partition coefficient (Wildman–Crippen LogP) is 2.35. The minimum absolute atomic E-state index is 0.00699. The lowest BCUT2D eigenvalue weighted by Gasteiger charge is -2.36. The van der Waals surface area contributed by atoms with Crippen LogP contribution in [0, 0.1) is 16.7 Å². The summed E-state index contributed by atoms with van der Waals surface area (Å²) in [6.07, 6.45) is 2.89. The van der Waals surface area contributed by atoms with Crippen molar-refractivity contribution < 1.29 is 9.53 Å². The molecule has 2 aliphatic rings. The Morgan fingerprint density at radius 3 is 2.87 bits per heavy atom. The lowest BCUT2D eigenvalue weighted by molar-refractivity contribution is -0.119. The lowest BCUT2D eigenvalue weighted by Crippen LogP contribution is -2.33. The number of nitrogens with zero attached hydrogens (tertiary/aromatic N) is 3. The van der Waals surface area contributed by atoms with Gasteiger partial charge in [-0.3, -0.25) is 9.48 Å². The van der Waals surface area contributed by atoms with Crippen molar-refractivity contribution in [3.05, 3.63) is 40.7 Å². The first-order chi connectivity index (χ1) is 10.9. The second-order valence-corrected chi connectivity index (χ2v) is 6.80. The summed E-state index contributed by atoms with van der Waals surface area (Å²) in [5.74, 6) is 0.138. The maximum atomic E-state index is 12.7. The minimum Gasteiger partial charge on any atom is -0.444 e. The molecule has 1 aromatic heterocycles. The zero-order valence-corrected chi connectivity index (χ0v) is 13.6. The molecule has 6 heteroatoms. The van der Waals surface area contributed by atoms with Crippen LogP contribution >= 0.6 is 0 Å². The molecule has 0 saturated heterocycles. The molecule has 0 fully saturated rings. The van der Waals surface area contributed by atoms with E-state index in [1.807, 2.05) is 33.0 Å². The molecular formula is C17H20N4O2. The fourth-order valence-electron chi connectivity index (χ4n) is 3.29. The summed E-state index contributed by atoms with van der Waals surface area (Å²) in [7, 11) is 0. The summed E-state index contributed by atoms with van der Waals surface area (Å²) in [6, 6.07) is 3.93. The molecule has 3 rings (SSSR count). The topological polar surface area (TPSA) is 93.9 Å². The van der Waals surface area contributed by atoms with E-state index >= 15 is 0 Å². The molecule has 0 aromatic carbocycles. The molecule has 0 spiro atoms. The molecule has 1 aliphatic heterocycles. The Labute approximate surface area is 135 Å². The zero-order valence-electron chi connectivity index (χ0n) is 13.6. The summed E-state index contributed by atoms with van der Waals surface area (Å²) >= 11 is 0. The number of aryl methyl sites for hydroxylation is 1. The number of allylic oxidation sites excluding steroid dienone is 3. The fraction of sp³-hybridized carbons (Fsp3) is 0.471. The number of Topliss-reactive ketones (excluding diaryl/α,β-unsaturated/α-hetero) is 1. The van der Waals surface area contributed by atoms with Gasteiger partial charge in [0.2, 0.25) is 5.88 Å². The van der Waals surface area contributed by atoms with Crippen molar-refractivity contribution in [3.8, 4) is 6.07 Å². The van der Waals surface area contributed by atoms with Gasteiger partial charge < -0.3 is 10.5 Å². The summed E-state index contributed by atoms with van der Waals surface area (Å²) in [4.78, 5) is 12.7. The van der Waals surface area contributed by atoms with Gasteiger partial charge >= 0.3 is 0 Å². The standard InChI is InChI=1S/C17H20N4O2/c1-4-21-6-5-11(20-21)14-10(9-18)16(19)23-13-8-17(2,3)7-12(22)15(13)14/h5-6,14H,4,7-8,19H2,1-3H3/t14-/m1/s1. The Kier molecular flexibility index (Phi) is 3.52. The number of nitriles is 1. The van der Waals surface area contributed by atoms with Crippen molar-refractivity contribution in [1.29, 1.82) is 5.26 Å². The summed E-state index contributed by atoms with van der Waals surface area (Å²) in [5, 5.41) is 14.0. The molecule has 23 heavy (non-hydrogen) atoms. The van der Waals surface area contributed by atoms with Crippen molar-refractivity contribution in [3.63, 3.8) is 0 Å². The van der Waals surface area contributed by atoms with Gasteiger partial charge in [-0.2, -0.15) is 10.4 Å². The van der Waals surface area contributed by atoms with Crippen molar-refractivity contribution in [2.45, 2.75) is 46.1 Å². The van der Waals surface area contributed by atoms with Crippen LogP contribution in [0.4, 0.5) is 0 Å². The van der Waals surface area contributed by atoms with Gasteiger partial charge in [-0.05, 0) is 18.4 Å². The molecule has 6 nitrogen and oxygen atoms in total. The molecule has 0 saturated carbocycles. The molecule has 1 aliphatic carbocycles. The molecule has 1 aromatic rings. The molecule has 0 amide bonds. The second-order valence-electron chi connectivity index (χ2n) is 6.80. The highest BCUT2D eigenvalue weighted by Crippen LogP contribution is 2.47. The van der Waals surface area contributed by atoms with Gasteiger partial charge in [-0.1, -0.05) is 13.8 Å². The van der Waals surface area contributed by atoms with Crippen LogP contribution in [0.2, 0.25) is 0 Å². The van der Waals surface area contributed by atoms with Crippen LogP contribution < -0.4 is 5.73 Å². The predicted molar refractivity (Wildman–Crippen MR) is 83.6 cm³/mol. The number of ether oxygens (including phenoxy) is 1. The highest BCUT2D eigenvalue weighted by atomic mass is 16.5. The number of hydrogen-bond acceptors (Lipinski definition) is 5. The van der Waals surface area contributed by atoms with Gasteiger partial charge in [0.15, 0.2) is 5.78 Å². The molecule has 120 valence electrons. The van der Waals surface area contributed by atoms with Gasteiger partial charge in [-0.25, -0.2) is 0 Å². The van der Waals surface area contributed by atoms with Crippen LogP contribution in [-0.4, -0.2) is 15.6 Å². The average molecular weight is 312 g/mol. The van der Waals surface area contributed by atoms with Crippen molar-refractivity contribution in [2.24, 2.45) is 11.1 Å². The third-order valence-electron chi connectivity index (χ3n) is 4.36. The number of rotatable bonds is 2. The first-order valence-electron chi connectivity index (χ1n) is 7.73. The lowest BCUT2D eigenvalue weighted by atomic mass is 9.71. The van der Waals surface area contributed by atoms with Gasteiger partial charge in [0, 0.05) is 31.2 Å². The maximum Gasteiger partial charge on any atom is 0.205 e. The van der Waals surface area contributed by atoms with Gasteiger partial charge in [0.1, 0.15) is 17.4 Å². The molecule has 2 N–H and O–H groups in total. The summed E-state index contributed by atoms with van der Waals surface area (Å²) < 4.78 is 7.42. The minimum atomic E-state index is -0.528. The number of hydrogen-bond donors (Lipinski definition) is 1. The average Bonchev–Trinajstić information content (AvgIpc) is 2.93. The third-order valence-corrected chi connectivity index (χ3v) is 4.36. The van der Waals surface area contributed by atoms with E-state index in [4.69, 9.17) is 10.5 Å². The van der Waals surface area contributed by atoms with Crippen molar-refractivity contribution in [2.75, 3.05) is 0 Å². The number of aromatic nitrogens is 2. The van der Waals surface area contributed by atoms with Crippen molar-refractivity contribution in [1.82, 2.24) is 9.78 Å². The zero-order chi connectivity index (χ0) is 16.8. The molecule has 0 radical (unpaired) electrons. The Bertz CT molecular complexity index is 777. The number of nitrogens with two attached hydrogens (primary N) is 1. The highest BCUT2D eigenvalue weighted by Gasteiger charge is 2.43. The van der Waals surface area contributed by atoms with E-state index in [0.717, 1.165) is 6.54 Å². The van der Waals surface area contributed by atoms with Crippen LogP contribution in [-0.2, 0) is 16.1 Å². The Hall–Kier alpha value is -2.55. The third kappa shape index (κ3) is 2.52. The molecule has 1 atom stereocenters. The van der Waals surface area contributed by atoms with Crippen LogP contribution in [0.5, 0.6) is 0 Å². The Morgan fingerprint density at radius 1 is 1.52 bits per heavy atom. The summed E-state index contributed by atoms with van der Waals surface area (Å²) in [5.41, 5.74) is 7.24. The molecular weight excluding hydrogens is 292 g/mol. The van der Waals surface area contributed by atoms with Gasteiger partial charge in [0.05, 0.1) is 11.6 Å². The first-order valence-corrected chi connectivity index (χ1v) is 7.73. The van der Waals surface area contributed by atoms with Crippen molar-refractivity contribution >= 4 is 5.78 Å². The Morgan fingerprint density at radius 2 is 2.26 bits per heavy atom. The van der Waals surface area contributed by atoms with E-state index < -0.39 is 5.92 Å². The highest BCUT2D eigenvalue weighted by molar-refractivity contribution is 5.99. The van der Waals surface area contributed by atoms with Crippen LogP contribution in [0.15, 0.2) is 35.1 Å². The quantitative estimate of drug-likeness (QED) is 0.904.